The summed E-state index contributed by atoms with van der Waals surface area (Å²) in [4.78, 5) is 32.9. The van der Waals surface area contributed by atoms with Gasteiger partial charge in [0.05, 0.1) is 20.3 Å². The summed E-state index contributed by atoms with van der Waals surface area (Å²) in [6.45, 7) is 3.36. The fourth-order valence-electron chi connectivity index (χ4n) is 5.60. The molecule has 3 aromatic carbocycles. The number of hydrogen-bond donors (Lipinski definition) is 0. The maximum atomic E-state index is 13.8. The molecule has 2 saturated heterocycles. The summed E-state index contributed by atoms with van der Waals surface area (Å²) in [6, 6.07) is 22.1. The molecule has 0 aliphatic carbocycles. The van der Waals surface area contributed by atoms with E-state index in [1.807, 2.05) is 24.3 Å². The number of likely N-dealkylation sites (tertiary alicyclic amines) is 1. The first-order valence-electron chi connectivity index (χ1n) is 12.5. The number of rotatable bonds is 8. The normalized spacial score (nSPS) is 17.9. The zero-order chi connectivity index (χ0) is 25.1. The molecule has 0 bridgehead atoms. The van der Waals surface area contributed by atoms with Gasteiger partial charge in [0.15, 0.2) is 0 Å². The lowest BCUT2D eigenvalue weighted by atomic mass is 9.85. The quantitative estimate of drug-likeness (QED) is 0.444. The molecule has 36 heavy (non-hydrogen) atoms. The van der Waals surface area contributed by atoms with Crippen LogP contribution in [-0.2, 0) is 22.6 Å². The minimum absolute atomic E-state index is 0.101. The van der Waals surface area contributed by atoms with Crippen molar-refractivity contribution in [1.29, 1.82) is 0 Å². The van der Waals surface area contributed by atoms with Crippen LogP contribution in [0.2, 0.25) is 0 Å². The van der Waals surface area contributed by atoms with Crippen LogP contribution in [0.5, 0.6) is 5.75 Å². The number of urea groups is 1. The molecule has 1 spiro atoms. The van der Waals surface area contributed by atoms with Gasteiger partial charge in [-0.2, -0.15) is 0 Å². The summed E-state index contributed by atoms with van der Waals surface area (Å²) in [5.74, 6) is 0.607. The maximum Gasteiger partial charge on any atom is 0.328 e. The second-order valence-corrected chi connectivity index (χ2v) is 9.62. The Hall–Kier alpha value is -3.42. The number of carbonyl (C=O) groups excluding carboxylic acids is 2. The van der Waals surface area contributed by atoms with Gasteiger partial charge in [0.2, 0.25) is 0 Å². The number of benzene rings is 3. The first kappa shape index (κ1) is 24.3. The Morgan fingerprint density at radius 2 is 1.64 bits per heavy atom. The minimum Gasteiger partial charge on any atom is -0.497 e. The highest BCUT2D eigenvalue weighted by Crippen LogP contribution is 2.38. The third-order valence-electron chi connectivity index (χ3n) is 7.57. The molecule has 2 aliphatic heterocycles. The molecule has 0 atom stereocenters. The van der Waals surface area contributed by atoms with E-state index in [2.05, 4.69) is 47.4 Å². The smallest absolute Gasteiger partial charge is 0.328 e. The van der Waals surface area contributed by atoms with E-state index in [1.54, 1.807) is 19.1 Å². The predicted molar refractivity (Wildman–Crippen MR) is 139 cm³/mol. The summed E-state index contributed by atoms with van der Waals surface area (Å²) in [7, 11) is 3.23. The molecule has 3 aromatic rings. The van der Waals surface area contributed by atoms with Crippen LogP contribution < -0.4 is 4.74 Å². The Bertz CT molecular complexity index is 1250. The second-order valence-electron chi connectivity index (χ2n) is 9.62. The van der Waals surface area contributed by atoms with Crippen LogP contribution in [0.3, 0.4) is 0 Å². The van der Waals surface area contributed by atoms with E-state index in [1.165, 1.54) is 21.2 Å². The highest BCUT2D eigenvalue weighted by atomic mass is 16.5. The maximum absolute atomic E-state index is 13.8. The Kier molecular flexibility index (Phi) is 6.94. The molecular weight excluding hydrogens is 454 g/mol. The number of amides is 3. The number of methoxy groups -OCH3 is 2. The molecule has 0 unspecified atom stereocenters. The number of piperidine rings is 1. The minimum atomic E-state index is -0.816. The molecule has 7 nitrogen and oxygen atoms in total. The summed E-state index contributed by atoms with van der Waals surface area (Å²) in [5, 5.41) is 2.50. The van der Waals surface area contributed by atoms with Crippen molar-refractivity contribution >= 4 is 22.7 Å². The number of nitrogens with zero attached hydrogens (tertiary/aromatic N) is 3. The van der Waals surface area contributed by atoms with E-state index in [0.717, 1.165) is 25.2 Å². The van der Waals surface area contributed by atoms with Crippen molar-refractivity contribution in [3.63, 3.8) is 0 Å². The van der Waals surface area contributed by atoms with Crippen molar-refractivity contribution in [2.24, 2.45) is 0 Å². The summed E-state index contributed by atoms with van der Waals surface area (Å²) in [6.07, 6.45) is 1.22. The van der Waals surface area contributed by atoms with E-state index in [-0.39, 0.29) is 18.5 Å². The number of fused-ring (bicyclic) bond motifs is 1. The first-order chi connectivity index (χ1) is 17.6. The Balaban J connectivity index is 1.34. The van der Waals surface area contributed by atoms with E-state index < -0.39 is 5.54 Å². The van der Waals surface area contributed by atoms with Gasteiger partial charge in [-0.3, -0.25) is 14.6 Å². The molecule has 0 aromatic heterocycles. The monoisotopic (exact) mass is 487 g/mol. The van der Waals surface area contributed by atoms with E-state index in [0.29, 0.717) is 31.7 Å². The highest BCUT2D eigenvalue weighted by molar-refractivity contribution is 6.07. The van der Waals surface area contributed by atoms with Gasteiger partial charge < -0.3 is 14.4 Å². The van der Waals surface area contributed by atoms with Crippen molar-refractivity contribution in [3.8, 4) is 5.75 Å². The van der Waals surface area contributed by atoms with Crippen molar-refractivity contribution in [2.45, 2.75) is 31.5 Å². The van der Waals surface area contributed by atoms with Gasteiger partial charge >= 0.3 is 6.03 Å². The fraction of sp³-hybridized carbons (Fsp3) is 0.379. The van der Waals surface area contributed by atoms with Crippen LogP contribution in [0, 0.1) is 0 Å². The van der Waals surface area contributed by atoms with Crippen molar-refractivity contribution in [1.82, 2.24) is 14.7 Å². The van der Waals surface area contributed by atoms with Crippen molar-refractivity contribution in [2.75, 3.05) is 40.5 Å². The highest BCUT2D eigenvalue weighted by Gasteiger charge is 2.57. The largest absolute Gasteiger partial charge is 0.497 e. The molecule has 7 heteroatoms. The van der Waals surface area contributed by atoms with Gasteiger partial charge in [-0.05, 0) is 46.9 Å². The SMILES string of the molecule is COCCN1C(=O)N(Cc2cccc(OC)c2)C(=O)C12CCN(Cc1cccc3ccccc13)CC2. The van der Waals surface area contributed by atoms with Crippen molar-refractivity contribution < 1.29 is 19.1 Å². The average molecular weight is 488 g/mol. The third-order valence-corrected chi connectivity index (χ3v) is 7.57. The number of imide groups is 1. The molecule has 3 amide bonds. The van der Waals surface area contributed by atoms with Crippen LogP contribution in [-0.4, -0.2) is 72.6 Å². The molecule has 2 fully saturated rings. The number of ether oxygens (including phenoxy) is 2. The second kappa shape index (κ2) is 10.3. The van der Waals surface area contributed by atoms with Crippen LogP contribution in [0.25, 0.3) is 10.8 Å². The number of hydrogen-bond acceptors (Lipinski definition) is 5. The molecule has 2 aliphatic rings. The van der Waals surface area contributed by atoms with Gasteiger partial charge in [-0.25, -0.2) is 4.79 Å². The van der Waals surface area contributed by atoms with Crippen molar-refractivity contribution in [3.05, 3.63) is 77.9 Å². The van der Waals surface area contributed by atoms with Gasteiger partial charge in [0.1, 0.15) is 11.3 Å². The van der Waals surface area contributed by atoms with E-state index >= 15 is 0 Å². The molecular formula is C29H33N3O4. The molecule has 5 rings (SSSR count). The van der Waals surface area contributed by atoms with E-state index in [9.17, 15) is 9.59 Å². The van der Waals surface area contributed by atoms with Gasteiger partial charge in [0.25, 0.3) is 5.91 Å². The standard InChI is InChI=1S/C29H33N3O4/c1-35-18-17-32-28(34)31(20-22-7-5-11-25(19-22)36-2)27(33)29(32)13-15-30(16-14-29)21-24-10-6-9-23-8-3-4-12-26(23)24/h3-12,19H,13-18,20-21H2,1-2H3. The number of carbonyl (C=O) groups is 2. The van der Waals surface area contributed by atoms with Crippen LogP contribution in [0.15, 0.2) is 66.7 Å². The van der Waals surface area contributed by atoms with Crippen LogP contribution in [0.4, 0.5) is 4.79 Å². The molecule has 0 N–H and O–H groups in total. The van der Waals surface area contributed by atoms with E-state index in [4.69, 9.17) is 9.47 Å². The predicted octanol–water partition coefficient (Wildman–Crippen LogP) is 4.29. The average Bonchev–Trinajstić information content (AvgIpc) is 3.10. The molecule has 2 heterocycles. The van der Waals surface area contributed by atoms with Gasteiger partial charge in [0, 0.05) is 33.3 Å². The molecule has 0 saturated carbocycles. The lowest BCUT2D eigenvalue weighted by molar-refractivity contribution is -0.136. The molecule has 0 radical (unpaired) electrons. The topological polar surface area (TPSA) is 62.3 Å². The molecule has 188 valence electrons. The van der Waals surface area contributed by atoms with Crippen LogP contribution in [0.1, 0.15) is 24.0 Å². The Morgan fingerprint density at radius 3 is 2.42 bits per heavy atom. The Morgan fingerprint density at radius 1 is 0.889 bits per heavy atom. The zero-order valence-electron chi connectivity index (χ0n) is 21.0. The summed E-state index contributed by atoms with van der Waals surface area (Å²) in [5.41, 5.74) is 1.34. The third kappa shape index (κ3) is 4.45. The first-order valence-corrected chi connectivity index (χ1v) is 12.5. The van der Waals surface area contributed by atoms with Gasteiger partial charge in [-0.1, -0.05) is 54.6 Å². The summed E-state index contributed by atoms with van der Waals surface area (Å²) >= 11 is 0. The zero-order valence-corrected chi connectivity index (χ0v) is 21.0. The fourth-order valence-corrected chi connectivity index (χ4v) is 5.60. The summed E-state index contributed by atoms with van der Waals surface area (Å²) < 4.78 is 10.6. The lowest BCUT2D eigenvalue weighted by Crippen LogP contribution is -2.57. The Labute approximate surface area is 212 Å². The van der Waals surface area contributed by atoms with Crippen LogP contribution >= 0.6 is 0 Å². The van der Waals surface area contributed by atoms with Gasteiger partial charge in [-0.15, -0.1) is 0 Å². The lowest BCUT2D eigenvalue weighted by Gasteiger charge is -2.42.